The molecule has 1 amide bonds. The molecule has 0 unspecified atom stereocenters. The van der Waals surface area contributed by atoms with Crippen LogP contribution in [-0.2, 0) is 4.79 Å². The quantitative estimate of drug-likeness (QED) is 0.724. The molecule has 0 saturated heterocycles. The number of rotatable bonds is 2. The third kappa shape index (κ3) is 3.25. The molecule has 0 bridgehead atoms. The second-order valence-corrected chi connectivity index (χ2v) is 4.30. The van der Waals surface area contributed by atoms with Crippen molar-refractivity contribution in [1.82, 2.24) is 15.2 Å². The van der Waals surface area contributed by atoms with E-state index in [1.165, 1.54) is 12.4 Å². The maximum Gasteiger partial charge on any atom is 0.249 e. The highest BCUT2D eigenvalue weighted by molar-refractivity contribution is 5.93. The van der Waals surface area contributed by atoms with Gasteiger partial charge in [-0.15, -0.1) is 5.10 Å². The van der Waals surface area contributed by atoms with Gasteiger partial charge in [0.15, 0.2) is 0 Å². The lowest BCUT2D eigenvalue weighted by molar-refractivity contribution is -0.119. The van der Waals surface area contributed by atoms with Gasteiger partial charge < -0.3 is 5.73 Å². The normalized spacial score (nSPS) is 13.3. The number of anilines is 1. The number of amides is 1. The second-order valence-electron chi connectivity index (χ2n) is 4.30. The predicted octanol–water partition coefficient (Wildman–Crippen LogP) is 0.183. The Bertz CT molecular complexity index is 332. The Morgan fingerprint density at radius 3 is 2.60 bits per heavy atom. The molecule has 0 aliphatic rings. The van der Waals surface area contributed by atoms with Gasteiger partial charge in [0.1, 0.15) is 0 Å². The fraction of sp³-hybridized carbons (Fsp3) is 0.556. The minimum atomic E-state index is -0.610. The monoisotopic (exact) mass is 209 g/mol. The van der Waals surface area contributed by atoms with Gasteiger partial charge in [0.25, 0.3) is 0 Å². The van der Waals surface area contributed by atoms with Gasteiger partial charge in [0.2, 0.25) is 11.9 Å². The van der Waals surface area contributed by atoms with Crippen molar-refractivity contribution >= 4 is 11.9 Å². The van der Waals surface area contributed by atoms with E-state index in [0.717, 1.165) is 0 Å². The molecular formula is C9H15N5O. The number of carbonyl (C=O) groups excluding carboxylic acids is 1. The number of hydrogen-bond donors (Lipinski definition) is 2. The molecule has 0 fully saturated rings. The summed E-state index contributed by atoms with van der Waals surface area (Å²) in [5.74, 6) is -0.141. The summed E-state index contributed by atoms with van der Waals surface area (Å²) >= 11 is 0. The van der Waals surface area contributed by atoms with Crippen molar-refractivity contribution in [2.45, 2.75) is 26.8 Å². The molecule has 0 radical (unpaired) electrons. The van der Waals surface area contributed by atoms with Crippen LogP contribution in [0.25, 0.3) is 0 Å². The Kier molecular flexibility index (Phi) is 3.31. The number of carbonyl (C=O) groups is 1. The van der Waals surface area contributed by atoms with Crippen LogP contribution in [0.4, 0.5) is 5.95 Å². The van der Waals surface area contributed by atoms with Crippen LogP contribution in [0.5, 0.6) is 0 Å². The van der Waals surface area contributed by atoms with Crippen molar-refractivity contribution in [3.8, 4) is 0 Å². The summed E-state index contributed by atoms with van der Waals surface area (Å²) in [5, 5.41) is 9.73. The highest BCUT2D eigenvalue weighted by Gasteiger charge is 2.27. The molecule has 0 saturated carbocycles. The third-order valence-electron chi connectivity index (χ3n) is 1.93. The summed E-state index contributed by atoms with van der Waals surface area (Å²) in [6.45, 7) is 5.67. The van der Waals surface area contributed by atoms with Crippen molar-refractivity contribution in [3.05, 3.63) is 12.4 Å². The van der Waals surface area contributed by atoms with Crippen LogP contribution < -0.4 is 11.1 Å². The molecule has 82 valence electrons. The predicted molar refractivity (Wildman–Crippen MR) is 55.9 cm³/mol. The molecule has 0 aliphatic heterocycles. The maximum atomic E-state index is 11.6. The summed E-state index contributed by atoms with van der Waals surface area (Å²) in [6.07, 6.45) is 2.88. The van der Waals surface area contributed by atoms with Crippen LogP contribution in [0, 0.1) is 5.41 Å². The largest absolute Gasteiger partial charge is 0.319 e. The van der Waals surface area contributed by atoms with Gasteiger partial charge >= 0.3 is 0 Å². The van der Waals surface area contributed by atoms with Crippen LogP contribution in [0.15, 0.2) is 12.4 Å². The van der Waals surface area contributed by atoms with Crippen LogP contribution in [0.1, 0.15) is 20.8 Å². The fourth-order valence-corrected chi connectivity index (χ4v) is 0.886. The number of nitrogens with two attached hydrogens (primary N) is 1. The standard InChI is InChI=1S/C9H15N5O/c1-9(2,3)6(10)7(15)13-8-11-4-5-12-14-8/h4-6H,10H2,1-3H3,(H,11,13,14,15)/t6-/m0/s1. The van der Waals surface area contributed by atoms with E-state index < -0.39 is 6.04 Å². The van der Waals surface area contributed by atoms with E-state index in [0.29, 0.717) is 0 Å². The lowest BCUT2D eigenvalue weighted by Gasteiger charge is -2.25. The minimum Gasteiger partial charge on any atom is -0.319 e. The Morgan fingerprint density at radius 2 is 2.13 bits per heavy atom. The summed E-state index contributed by atoms with van der Waals surface area (Å²) in [7, 11) is 0. The Balaban J connectivity index is 2.65. The summed E-state index contributed by atoms with van der Waals surface area (Å²) in [6, 6.07) is -0.610. The van der Waals surface area contributed by atoms with Gasteiger partial charge in [0, 0.05) is 0 Å². The first-order chi connectivity index (χ1) is 6.91. The maximum absolute atomic E-state index is 11.6. The zero-order valence-electron chi connectivity index (χ0n) is 9.06. The number of aromatic nitrogens is 3. The van der Waals surface area contributed by atoms with E-state index in [1.807, 2.05) is 20.8 Å². The highest BCUT2D eigenvalue weighted by Crippen LogP contribution is 2.17. The van der Waals surface area contributed by atoms with Crippen LogP contribution >= 0.6 is 0 Å². The van der Waals surface area contributed by atoms with E-state index in [-0.39, 0.29) is 17.3 Å². The molecular weight excluding hydrogens is 194 g/mol. The van der Waals surface area contributed by atoms with E-state index in [4.69, 9.17) is 5.73 Å². The zero-order chi connectivity index (χ0) is 11.5. The molecule has 1 atom stereocenters. The van der Waals surface area contributed by atoms with Gasteiger partial charge in [0.05, 0.1) is 18.4 Å². The molecule has 1 rings (SSSR count). The number of hydrogen-bond acceptors (Lipinski definition) is 5. The van der Waals surface area contributed by atoms with Crippen LogP contribution in [-0.4, -0.2) is 27.1 Å². The average Bonchev–Trinajstić information content (AvgIpc) is 2.16. The highest BCUT2D eigenvalue weighted by atomic mass is 16.2. The topological polar surface area (TPSA) is 93.8 Å². The van der Waals surface area contributed by atoms with Crippen molar-refractivity contribution in [1.29, 1.82) is 0 Å². The van der Waals surface area contributed by atoms with Crippen molar-refractivity contribution in [2.75, 3.05) is 5.32 Å². The summed E-state index contributed by atoms with van der Waals surface area (Å²) in [5.41, 5.74) is 5.45. The zero-order valence-corrected chi connectivity index (χ0v) is 9.06. The van der Waals surface area contributed by atoms with E-state index in [1.54, 1.807) is 0 Å². The minimum absolute atomic E-state index is 0.169. The molecule has 0 spiro atoms. The average molecular weight is 209 g/mol. The van der Waals surface area contributed by atoms with Crippen molar-refractivity contribution < 1.29 is 4.79 Å². The molecule has 1 aromatic rings. The Labute approximate surface area is 88.3 Å². The van der Waals surface area contributed by atoms with Gasteiger partial charge in [-0.1, -0.05) is 20.8 Å². The molecule has 6 nitrogen and oxygen atoms in total. The molecule has 1 aromatic heterocycles. The Morgan fingerprint density at radius 1 is 1.47 bits per heavy atom. The van der Waals surface area contributed by atoms with Crippen LogP contribution in [0.3, 0.4) is 0 Å². The molecule has 0 aliphatic carbocycles. The first kappa shape index (κ1) is 11.5. The van der Waals surface area contributed by atoms with E-state index >= 15 is 0 Å². The molecule has 6 heteroatoms. The number of nitrogens with zero attached hydrogens (tertiary/aromatic N) is 3. The molecule has 15 heavy (non-hydrogen) atoms. The SMILES string of the molecule is CC(C)(C)[C@@H](N)C(=O)Nc1nccnn1. The van der Waals surface area contributed by atoms with Crippen molar-refractivity contribution in [3.63, 3.8) is 0 Å². The lowest BCUT2D eigenvalue weighted by Crippen LogP contribution is -2.45. The lowest BCUT2D eigenvalue weighted by atomic mass is 9.87. The van der Waals surface area contributed by atoms with Gasteiger partial charge in [-0.25, -0.2) is 4.98 Å². The summed E-state index contributed by atoms with van der Waals surface area (Å²) in [4.78, 5) is 15.4. The first-order valence-electron chi connectivity index (χ1n) is 4.61. The van der Waals surface area contributed by atoms with Crippen LogP contribution in [0.2, 0.25) is 0 Å². The molecule has 1 heterocycles. The van der Waals surface area contributed by atoms with Crippen molar-refractivity contribution in [2.24, 2.45) is 11.1 Å². The van der Waals surface area contributed by atoms with Gasteiger partial charge in [-0.05, 0) is 5.41 Å². The molecule has 3 N–H and O–H groups in total. The Hall–Kier alpha value is -1.56. The second kappa shape index (κ2) is 4.31. The van der Waals surface area contributed by atoms with Gasteiger partial charge in [-0.2, -0.15) is 5.10 Å². The third-order valence-corrected chi connectivity index (χ3v) is 1.93. The van der Waals surface area contributed by atoms with E-state index in [2.05, 4.69) is 20.5 Å². The fourth-order valence-electron chi connectivity index (χ4n) is 0.886. The summed E-state index contributed by atoms with van der Waals surface area (Å²) < 4.78 is 0. The van der Waals surface area contributed by atoms with E-state index in [9.17, 15) is 4.79 Å². The smallest absolute Gasteiger partial charge is 0.249 e. The number of nitrogens with one attached hydrogen (secondary N) is 1. The first-order valence-corrected chi connectivity index (χ1v) is 4.61. The van der Waals surface area contributed by atoms with Gasteiger partial charge in [-0.3, -0.25) is 10.1 Å². The molecule has 0 aromatic carbocycles.